The average molecular weight is 437 g/mol. The van der Waals surface area contributed by atoms with Crippen molar-refractivity contribution in [1.82, 2.24) is 4.98 Å². The normalized spacial score (nSPS) is 12.8. The molecule has 0 saturated carbocycles. The zero-order valence-electron chi connectivity index (χ0n) is 17.9. The lowest BCUT2D eigenvalue weighted by atomic mass is 9.98. The van der Waals surface area contributed by atoms with Crippen molar-refractivity contribution in [2.45, 2.75) is 20.8 Å². The van der Waals surface area contributed by atoms with E-state index in [2.05, 4.69) is 43.2 Å². The van der Waals surface area contributed by atoms with E-state index in [0.717, 1.165) is 16.8 Å². The molecule has 1 aliphatic rings. The summed E-state index contributed by atoms with van der Waals surface area (Å²) in [5, 5.41) is 5.37. The first-order valence-electron chi connectivity index (χ1n) is 9.95. The molecule has 0 atom stereocenters. The molecule has 0 aliphatic carbocycles. The lowest BCUT2D eigenvalue weighted by Crippen LogP contribution is -2.16. The molecule has 2 heterocycles. The highest BCUT2D eigenvalue weighted by Crippen LogP contribution is 2.40. The van der Waals surface area contributed by atoms with Crippen LogP contribution in [0, 0.1) is 20.8 Å². The lowest BCUT2D eigenvalue weighted by molar-refractivity contribution is -0.111. The van der Waals surface area contributed by atoms with Crippen molar-refractivity contribution in [2.24, 2.45) is 0 Å². The third-order valence-electron chi connectivity index (χ3n) is 4.94. The number of hydrogen-bond acceptors (Lipinski definition) is 6. The monoisotopic (exact) mass is 436 g/mol. The van der Waals surface area contributed by atoms with Crippen molar-refractivity contribution in [1.29, 1.82) is 0 Å². The van der Waals surface area contributed by atoms with Gasteiger partial charge in [0.05, 0.1) is 12.8 Å². The van der Waals surface area contributed by atoms with Gasteiger partial charge in [-0.25, -0.2) is 4.98 Å². The molecule has 0 spiro atoms. The van der Waals surface area contributed by atoms with E-state index >= 15 is 0 Å². The average Bonchev–Trinajstić information content (AvgIpc) is 3.18. The highest BCUT2D eigenvalue weighted by molar-refractivity contribution is 7.14. The standard InChI is InChI=1S/C24H24N2O4S/c1-14-9-15(2)22(16(3)10-14)18-13-31-24(25-18)26-21(27)6-5-17-11-19(28-4)23-20(12-17)29-7-8-30-23/h5-6,9-13H,7-8H2,1-4H3,(H,25,26,27)/b6-5+. The van der Waals surface area contributed by atoms with E-state index < -0.39 is 0 Å². The number of nitrogens with zero attached hydrogens (tertiary/aromatic N) is 1. The number of nitrogens with one attached hydrogen (secondary N) is 1. The van der Waals surface area contributed by atoms with Crippen molar-refractivity contribution in [2.75, 3.05) is 25.6 Å². The fraction of sp³-hybridized carbons (Fsp3) is 0.250. The summed E-state index contributed by atoms with van der Waals surface area (Å²) in [4.78, 5) is 17.0. The van der Waals surface area contributed by atoms with Crippen molar-refractivity contribution < 1.29 is 19.0 Å². The molecule has 7 heteroatoms. The Kier molecular flexibility index (Phi) is 5.95. The Bertz CT molecular complexity index is 1130. The van der Waals surface area contributed by atoms with Gasteiger partial charge in [0.15, 0.2) is 16.6 Å². The van der Waals surface area contributed by atoms with Gasteiger partial charge in [-0.3, -0.25) is 10.1 Å². The Morgan fingerprint density at radius 1 is 1.13 bits per heavy atom. The van der Waals surface area contributed by atoms with Gasteiger partial charge in [-0.15, -0.1) is 11.3 Å². The predicted molar refractivity (Wildman–Crippen MR) is 123 cm³/mol. The summed E-state index contributed by atoms with van der Waals surface area (Å²) in [7, 11) is 1.57. The summed E-state index contributed by atoms with van der Waals surface area (Å²) in [5.41, 5.74) is 6.34. The summed E-state index contributed by atoms with van der Waals surface area (Å²) < 4.78 is 16.6. The van der Waals surface area contributed by atoms with E-state index in [1.165, 1.54) is 34.1 Å². The van der Waals surface area contributed by atoms with Crippen molar-refractivity contribution in [3.05, 3.63) is 58.0 Å². The van der Waals surface area contributed by atoms with Crippen LogP contribution in [0.3, 0.4) is 0 Å². The van der Waals surface area contributed by atoms with Crippen LogP contribution in [0.2, 0.25) is 0 Å². The second kappa shape index (κ2) is 8.81. The maximum Gasteiger partial charge on any atom is 0.250 e. The Morgan fingerprint density at radius 2 is 1.87 bits per heavy atom. The van der Waals surface area contributed by atoms with Crippen LogP contribution in [0.1, 0.15) is 22.3 Å². The molecule has 3 aromatic rings. The van der Waals surface area contributed by atoms with Crippen LogP contribution >= 0.6 is 11.3 Å². The fourth-order valence-electron chi connectivity index (χ4n) is 3.74. The number of rotatable bonds is 5. The highest BCUT2D eigenvalue weighted by atomic mass is 32.1. The first-order chi connectivity index (χ1) is 14.9. The minimum atomic E-state index is -0.257. The highest BCUT2D eigenvalue weighted by Gasteiger charge is 2.18. The van der Waals surface area contributed by atoms with Gasteiger partial charge in [0, 0.05) is 17.0 Å². The number of methoxy groups -OCH3 is 1. The molecule has 2 aromatic carbocycles. The van der Waals surface area contributed by atoms with E-state index in [4.69, 9.17) is 14.2 Å². The van der Waals surface area contributed by atoms with Gasteiger partial charge < -0.3 is 14.2 Å². The van der Waals surface area contributed by atoms with Crippen molar-refractivity contribution in [3.8, 4) is 28.5 Å². The lowest BCUT2D eigenvalue weighted by Gasteiger charge is -2.20. The summed E-state index contributed by atoms with van der Waals surface area (Å²) in [6, 6.07) is 7.92. The Morgan fingerprint density at radius 3 is 2.61 bits per heavy atom. The first-order valence-corrected chi connectivity index (χ1v) is 10.8. The van der Waals surface area contributed by atoms with Crippen LogP contribution in [0.5, 0.6) is 17.2 Å². The van der Waals surface area contributed by atoms with Crippen molar-refractivity contribution in [3.63, 3.8) is 0 Å². The van der Waals surface area contributed by atoms with Crippen molar-refractivity contribution >= 4 is 28.5 Å². The van der Waals surface area contributed by atoms with Crippen LogP contribution in [-0.4, -0.2) is 31.2 Å². The molecule has 0 saturated heterocycles. The maximum atomic E-state index is 12.4. The Labute approximate surface area is 185 Å². The molecule has 1 N–H and O–H groups in total. The number of amides is 1. The minimum absolute atomic E-state index is 0.257. The molecule has 0 unspecified atom stereocenters. The van der Waals surface area contributed by atoms with Crippen LogP contribution in [0.25, 0.3) is 17.3 Å². The smallest absolute Gasteiger partial charge is 0.250 e. The number of benzene rings is 2. The number of ether oxygens (including phenoxy) is 3. The topological polar surface area (TPSA) is 69.7 Å². The van der Waals surface area contributed by atoms with Gasteiger partial charge in [0.2, 0.25) is 11.7 Å². The second-order valence-corrected chi connectivity index (χ2v) is 8.24. The first kappa shape index (κ1) is 20.9. The van der Waals surface area contributed by atoms with E-state index in [9.17, 15) is 4.79 Å². The van der Waals surface area contributed by atoms with Gasteiger partial charge in [-0.1, -0.05) is 17.7 Å². The maximum absolute atomic E-state index is 12.4. The molecular formula is C24H24N2O4S. The molecule has 0 bridgehead atoms. The summed E-state index contributed by atoms with van der Waals surface area (Å²) >= 11 is 1.41. The Hall–Kier alpha value is -3.32. The quantitative estimate of drug-likeness (QED) is 0.559. The Balaban J connectivity index is 1.48. The van der Waals surface area contributed by atoms with Gasteiger partial charge in [0.1, 0.15) is 13.2 Å². The number of aryl methyl sites for hydroxylation is 3. The summed E-state index contributed by atoms with van der Waals surface area (Å²) in [6.07, 6.45) is 3.17. The molecule has 1 aromatic heterocycles. The molecule has 31 heavy (non-hydrogen) atoms. The molecule has 1 aliphatic heterocycles. The number of anilines is 1. The molecular weight excluding hydrogens is 412 g/mol. The number of fused-ring (bicyclic) bond motifs is 1. The van der Waals surface area contributed by atoms with E-state index in [1.807, 2.05) is 17.5 Å². The fourth-order valence-corrected chi connectivity index (χ4v) is 4.44. The second-order valence-electron chi connectivity index (χ2n) is 7.38. The number of thiazole rings is 1. The third kappa shape index (κ3) is 4.56. The molecule has 6 nitrogen and oxygen atoms in total. The van der Waals surface area contributed by atoms with E-state index in [1.54, 1.807) is 13.2 Å². The van der Waals surface area contributed by atoms with Crippen LogP contribution in [0.4, 0.5) is 5.13 Å². The van der Waals surface area contributed by atoms with Crippen LogP contribution < -0.4 is 19.5 Å². The molecule has 0 radical (unpaired) electrons. The number of carbonyl (C=O) groups is 1. The van der Waals surface area contributed by atoms with Gasteiger partial charge in [-0.05, 0) is 55.7 Å². The molecule has 1 amide bonds. The largest absolute Gasteiger partial charge is 0.493 e. The van der Waals surface area contributed by atoms with Crippen LogP contribution in [0.15, 0.2) is 35.7 Å². The summed E-state index contributed by atoms with van der Waals surface area (Å²) in [5.74, 6) is 1.52. The van der Waals surface area contributed by atoms with Crippen LogP contribution in [-0.2, 0) is 4.79 Å². The minimum Gasteiger partial charge on any atom is -0.493 e. The van der Waals surface area contributed by atoms with E-state index in [0.29, 0.717) is 35.6 Å². The third-order valence-corrected chi connectivity index (χ3v) is 5.70. The van der Waals surface area contributed by atoms with Gasteiger partial charge in [-0.2, -0.15) is 0 Å². The zero-order chi connectivity index (χ0) is 22.0. The van der Waals surface area contributed by atoms with Gasteiger partial charge >= 0.3 is 0 Å². The zero-order valence-corrected chi connectivity index (χ0v) is 18.8. The van der Waals surface area contributed by atoms with E-state index in [-0.39, 0.29) is 5.91 Å². The molecule has 4 rings (SSSR count). The van der Waals surface area contributed by atoms with Gasteiger partial charge in [0.25, 0.3) is 0 Å². The summed E-state index contributed by atoms with van der Waals surface area (Å²) in [6.45, 7) is 7.21. The molecule has 0 fully saturated rings. The SMILES string of the molecule is COc1cc(/C=C/C(=O)Nc2nc(-c3c(C)cc(C)cc3C)cs2)cc2c1OCCO2. The predicted octanol–water partition coefficient (Wildman–Crippen LogP) is 5.17. The number of carbonyl (C=O) groups excluding carboxylic acids is 1. The number of aromatic nitrogens is 1. The number of hydrogen-bond donors (Lipinski definition) is 1. The molecule has 160 valence electrons.